The Labute approximate surface area is 129 Å². The van der Waals surface area contributed by atoms with Gasteiger partial charge < -0.3 is 9.64 Å². The summed E-state index contributed by atoms with van der Waals surface area (Å²) in [5.74, 6) is 0.648. The van der Waals surface area contributed by atoms with E-state index in [4.69, 9.17) is 4.74 Å². The standard InChI is InChI=1S/C16H22BrNO2/c1-16(2,3)20-15(19)18(10-12-7-8-12)11-13-5-4-6-14(17)9-13/h4-6,9,12H,7-8,10-11H2,1-3H3. The number of carbonyl (C=O) groups excluding carboxylic acids is 1. The number of halogens is 1. The zero-order chi connectivity index (χ0) is 14.8. The van der Waals surface area contributed by atoms with E-state index in [1.165, 1.54) is 12.8 Å². The minimum absolute atomic E-state index is 0.218. The Morgan fingerprint density at radius 2 is 2.10 bits per heavy atom. The van der Waals surface area contributed by atoms with E-state index in [1.54, 1.807) is 0 Å². The van der Waals surface area contributed by atoms with Crippen molar-refractivity contribution in [3.63, 3.8) is 0 Å². The van der Waals surface area contributed by atoms with Crippen molar-refractivity contribution in [1.29, 1.82) is 0 Å². The molecule has 0 saturated heterocycles. The molecule has 3 nitrogen and oxygen atoms in total. The Morgan fingerprint density at radius 1 is 1.40 bits per heavy atom. The highest BCUT2D eigenvalue weighted by Gasteiger charge is 2.29. The van der Waals surface area contributed by atoms with Crippen molar-refractivity contribution in [3.8, 4) is 0 Å². The van der Waals surface area contributed by atoms with Crippen LogP contribution in [0, 0.1) is 5.92 Å². The monoisotopic (exact) mass is 339 g/mol. The molecule has 0 aliphatic heterocycles. The van der Waals surface area contributed by atoms with Crippen molar-refractivity contribution in [2.24, 2.45) is 5.92 Å². The van der Waals surface area contributed by atoms with E-state index in [1.807, 2.05) is 49.9 Å². The summed E-state index contributed by atoms with van der Waals surface area (Å²) in [5.41, 5.74) is 0.668. The van der Waals surface area contributed by atoms with Gasteiger partial charge >= 0.3 is 6.09 Å². The molecule has 0 bridgehead atoms. The first-order valence-corrected chi connectivity index (χ1v) is 7.85. The molecule has 0 radical (unpaired) electrons. The van der Waals surface area contributed by atoms with Crippen molar-refractivity contribution >= 4 is 22.0 Å². The van der Waals surface area contributed by atoms with Gasteiger partial charge in [-0.05, 0) is 57.2 Å². The molecule has 0 heterocycles. The summed E-state index contributed by atoms with van der Waals surface area (Å²) >= 11 is 3.47. The summed E-state index contributed by atoms with van der Waals surface area (Å²) < 4.78 is 6.54. The first kappa shape index (κ1) is 15.4. The van der Waals surface area contributed by atoms with Gasteiger partial charge in [-0.1, -0.05) is 28.1 Å². The maximum Gasteiger partial charge on any atom is 0.410 e. The third-order valence-electron chi connectivity index (χ3n) is 3.09. The molecular formula is C16H22BrNO2. The summed E-state index contributed by atoms with van der Waals surface area (Å²) in [4.78, 5) is 14.1. The minimum Gasteiger partial charge on any atom is -0.444 e. The Morgan fingerprint density at radius 3 is 2.65 bits per heavy atom. The number of benzene rings is 1. The van der Waals surface area contributed by atoms with Crippen LogP contribution in [0.5, 0.6) is 0 Å². The van der Waals surface area contributed by atoms with E-state index in [0.29, 0.717) is 12.5 Å². The summed E-state index contributed by atoms with van der Waals surface area (Å²) in [6, 6.07) is 8.06. The van der Waals surface area contributed by atoms with Gasteiger partial charge in [0, 0.05) is 17.6 Å². The van der Waals surface area contributed by atoms with Gasteiger partial charge in [0.15, 0.2) is 0 Å². The Bertz CT molecular complexity index is 478. The molecule has 1 aromatic rings. The maximum atomic E-state index is 12.3. The van der Waals surface area contributed by atoms with E-state index in [2.05, 4.69) is 15.9 Å². The third kappa shape index (κ3) is 5.16. The molecule has 0 atom stereocenters. The molecule has 1 saturated carbocycles. The molecule has 0 aromatic heterocycles. The van der Waals surface area contributed by atoms with E-state index in [0.717, 1.165) is 16.6 Å². The van der Waals surface area contributed by atoms with E-state index in [9.17, 15) is 4.79 Å². The van der Waals surface area contributed by atoms with Crippen LogP contribution in [0.2, 0.25) is 0 Å². The van der Waals surface area contributed by atoms with Crippen LogP contribution in [0.3, 0.4) is 0 Å². The maximum absolute atomic E-state index is 12.3. The lowest BCUT2D eigenvalue weighted by Crippen LogP contribution is -2.37. The fraction of sp³-hybridized carbons (Fsp3) is 0.562. The van der Waals surface area contributed by atoms with Gasteiger partial charge in [0.1, 0.15) is 5.60 Å². The third-order valence-corrected chi connectivity index (χ3v) is 3.58. The zero-order valence-electron chi connectivity index (χ0n) is 12.4. The van der Waals surface area contributed by atoms with Crippen LogP contribution in [0.25, 0.3) is 0 Å². The fourth-order valence-electron chi connectivity index (χ4n) is 2.00. The molecular weight excluding hydrogens is 318 g/mol. The zero-order valence-corrected chi connectivity index (χ0v) is 13.9. The summed E-state index contributed by atoms with van der Waals surface area (Å²) in [6.07, 6.45) is 2.22. The average molecular weight is 340 g/mol. The van der Waals surface area contributed by atoms with Crippen LogP contribution in [0.1, 0.15) is 39.2 Å². The largest absolute Gasteiger partial charge is 0.444 e. The second-order valence-corrected chi connectivity index (χ2v) is 7.35. The topological polar surface area (TPSA) is 29.5 Å². The van der Waals surface area contributed by atoms with Crippen molar-refractivity contribution < 1.29 is 9.53 Å². The highest BCUT2D eigenvalue weighted by atomic mass is 79.9. The minimum atomic E-state index is -0.448. The van der Waals surface area contributed by atoms with Gasteiger partial charge in [-0.25, -0.2) is 4.79 Å². The lowest BCUT2D eigenvalue weighted by Gasteiger charge is -2.27. The van der Waals surface area contributed by atoms with Gasteiger partial charge in [0.2, 0.25) is 0 Å². The second kappa shape index (κ2) is 6.17. The number of carbonyl (C=O) groups is 1. The highest BCUT2D eigenvalue weighted by Crippen LogP contribution is 2.31. The van der Waals surface area contributed by atoms with Crippen molar-refractivity contribution in [2.75, 3.05) is 6.54 Å². The lowest BCUT2D eigenvalue weighted by atomic mass is 10.2. The molecule has 110 valence electrons. The van der Waals surface area contributed by atoms with Crippen molar-refractivity contribution in [2.45, 2.75) is 45.8 Å². The van der Waals surface area contributed by atoms with Crippen LogP contribution in [-0.2, 0) is 11.3 Å². The summed E-state index contributed by atoms with van der Waals surface area (Å²) in [5, 5.41) is 0. The predicted octanol–water partition coefficient (Wildman–Crippen LogP) is 4.60. The molecule has 2 rings (SSSR count). The number of amides is 1. The molecule has 1 fully saturated rings. The van der Waals surface area contributed by atoms with E-state index in [-0.39, 0.29) is 6.09 Å². The predicted molar refractivity (Wildman–Crippen MR) is 83.5 cm³/mol. The second-order valence-electron chi connectivity index (χ2n) is 6.43. The number of rotatable bonds is 4. The molecule has 20 heavy (non-hydrogen) atoms. The fourth-order valence-corrected chi connectivity index (χ4v) is 2.44. The van der Waals surface area contributed by atoms with E-state index >= 15 is 0 Å². The molecule has 1 amide bonds. The number of nitrogens with zero attached hydrogens (tertiary/aromatic N) is 1. The normalized spacial score (nSPS) is 15.0. The molecule has 1 aromatic carbocycles. The molecule has 1 aliphatic carbocycles. The van der Waals surface area contributed by atoms with E-state index < -0.39 is 5.60 Å². The van der Waals surface area contributed by atoms with Crippen LogP contribution < -0.4 is 0 Å². The van der Waals surface area contributed by atoms with Gasteiger partial charge in [-0.2, -0.15) is 0 Å². The first-order valence-electron chi connectivity index (χ1n) is 7.06. The Hall–Kier alpha value is -1.03. The molecule has 0 unspecified atom stereocenters. The molecule has 4 heteroatoms. The average Bonchev–Trinajstić information content (AvgIpc) is 3.10. The molecule has 1 aliphatic rings. The lowest BCUT2D eigenvalue weighted by molar-refractivity contribution is 0.0224. The summed E-state index contributed by atoms with van der Waals surface area (Å²) in [7, 11) is 0. The van der Waals surface area contributed by atoms with Gasteiger partial charge in [-0.3, -0.25) is 0 Å². The van der Waals surface area contributed by atoms with Crippen LogP contribution in [0.4, 0.5) is 4.79 Å². The molecule has 0 N–H and O–H groups in total. The SMILES string of the molecule is CC(C)(C)OC(=O)N(Cc1cccc(Br)c1)CC1CC1. The first-order chi connectivity index (χ1) is 9.33. The van der Waals surface area contributed by atoms with Gasteiger partial charge in [0.25, 0.3) is 0 Å². The highest BCUT2D eigenvalue weighted by molar-refractivity contribution is 9.10. The smallest absolute Gasteiger partial charge is 0.410 e. The van der Waals surface area contributed by atoms with Crippen molar-refractivity contribution in [3.05, 3.63) is 34.3 Å². The Balaban J connectivity index is 2.04. The van der Waals surface area contributed by atoms with Crippen LogP contribution in [0.15, 0.2) is 28.7 Å². The summed E-state index contributed by atoms with van der Waals surface area (Å²) in [6.45, 7) is 7.10. The van der Waals surface area contributed by atoms with Crippen molar-refractivity contribution in [1.82, 2.24) is 4.90 Å². The number of hydrogen-bond acceptors (Lipinski definition) is 2. The number of hydrogen-bond donors (Lipinski definition) is 0. The quantitative estimate of drug-likeness (QED) is 0.802. The van der Waals surface area contributed by atoms with Gasteiger partial charge in [-0.15, -0.1) is 0 Å². The van der Waals surface area contributed by atoms with Gasteiger partial charge in [0.05, 0.1) is 0 Å². The Kier molecular flexibility index (Phi) is 4.74. The van der Waals surface area contributed by atoms with Crippen LogP contribution in [-0.4, -0.2) is 23.1 Å². The molecule has 0 spiro atoms. The van der Waals surface area contributed by atoms with Crippen LogP contribution >= 0.6 is 15.9 Å². The number of ether oxygens (including phenoxy) is 1.